The van der Waals surface area contributed by atoms with Crippen molar-refractivity contribution in [1.29, 1.82) is 0 Å². The van der Waals surface area contributed by atoms with Gasteiger partial charge in [-0.15, -0.1) is 0 Å². The molecule has 11 heteroatoms. The number of aryl methyl sites for hydroxylation is 2. The molecule has 3 fully saturated rings. The maximum atomic E-state index is 15.4. The van der Waals surface area contributed by atoms with Gasteiger partial charge in [-0.1, -0.05) is 144 Å². The topological polar surface area (TPSA) is 86.3 Å². The number of hydrogen-bond acceptors (Lipinski definition) is 7. The van der Waals surface area contributed by atoms with Crippen molar-refractivity contribution in [3.63, 3.8) is 0 Å². The van der Waals surface area contributed by atoms with E-state index in [4.69, 9.17) is 18.9 Å². The van der Waals surface area contributed by atoms with Crippen LogP contribution >= 0.6 is 0 Å². The van der Waals surface area contributed by atoms with Gasteiger partial charge in [-0.2, -0.15) is 13.2 Å². The Bertz CT molecular complexity index is 4000. The van der Waals surface area contributed by atoms with Crippen LogP contribution in [0.4, 0.5) is 24.5 Å². The number of methoxy groups -OCH3 is 1. The average Bonchev–Trinajstić information content (AvgIpc) is 1.49. The van der Waals surface area contributed by atoms with Crippen molar-refractivity contribution in [3.05, 3.63) is 202 Å². The highest BCUT2D eigenvalue weighted by Crippen LogP contribution is 2.61. The molecule has 13 rings (SSSR count). The molecule has 2 aliphatic heterocycles. The first-order valence-electron chi connectivity index (χ1n) is 32.7. The largest absolute Gasteiger partial charge is 0.496 e. The van der Waals surface area contributed by atoms with E-state index in [0.717, 1.165) is 85.7 Å². The molecule has 1 N–H and O–H groups in total. The molecule has 1 saturated heterocycles. The molecule has 2 heterocycles. The summed E-state index contributed by atoms with van der Waals surface area (Å²) in [5, 5.41) is 4.61. The number of esters is 1. The van der Waals surface area contributed by atoms with Crippen LogP contribution in [0.3, 0.4) is 0 Å². The Balaban J connectivity index is 0.738. The van der Waals surface area contributed by atoms with Crippen LogP contribution in [0.2, 0.25) is 0 Å². The summed E-state index contributed by atoms with van der Waals surface area (Å²) in [4.78, 5) is 29.8. The number of rotatable bonds is 15. The lowest BCUT2D eigenvalue weighted by Crippen LogP contribution is -2.37. The number of fused-ring (bicyclic) bond motifs is 8. The number of nitrogens with one attached hydrogen (secondary N) is 1. The van der Waals surface area contributed by atoms with Gasteiger partial charge in [0.15, 0.2) is 5.60 Å². The summed E-state index contributed by atoms with van der Waals surface area (Å²) in [5.41, 5.74) is 10.2. The highest BCUT2D eigenvalue weighted by Gasteiger charge is 2.49. The second-order valence-corrected chi connectivity index (χ2v) is 26.5. The molecule has 1 atom stereocenters. The van der Waals surface area contributed by atoms with E-state index in [2.05, 4.69) is 96.0 Å². The van der Waals surface area contributed by atoms with Crippen molar-refractivity contribution in [2.75, 3.05) is 43.6 Å². The molecule has 8 aromatic carbocycles. The lowest BCUT2D eigenvalue weighted by molar-refractivity contribution is -0.141. The van der Waals surface area contributed by atoms with Gasteiger partial charge in [0.25, 0.3) is 0 Å². The molecule has 8 aromatic rings. The number of anilines is 2. The molecule has 1 unspecified atom stereocenters. The number of benzene rings is 8. The summed E-state index contributed by atoms with van der Waals surface area (Å²) in [6.07, 6.45) is 12.3. The summed E-state index contributed by atoms with van der Waals surface area (Å²) < 4.78 is 71.8. The number of unbranched alkanes of at least 4 members (excludes halogenated alkanes) is 2. The van der Waals surface area contributed by atoms with Crippen molar-refractivity contribution in [1.82, 2.24) is 0 Å². The molecule has 1 amide bonds. The number of carbonyl (C=O) groups excluding carboxylic acids is 2. The Morgan fingerprint density at radius 3 is 2.03 bits per heavy atom. The fourth-order valence-electron chi connectivity index (χ4n) is 15.6. The Morgan fingerprint density at radius 1 is 0.689 bits per heavy atom. The fourth-order valence-corrected chi connectivity index (χ4v) is 15.6. The molecule has 8 nitrogen and oxygen atoms in total. The monoisotopic (exact) mass is 1210 g/mol. The van der Waals surface area contributed by atoms with Gasteiger partial charge in [-0.25, -0.2) is 0 Å². The first-order chi connectivity index (χ1) is 43.5. The van der Waals surface area contributed by atoms with Gasteiger partial charge >= 0.3 is 12.1 Å². The number of carbonyl (C=O) groups is 2. The lowest BCUT2D eigenvalue weighted by atomic mass is 9.75. The fraction of sp³-hybridized carbons (Fsp3) is 0.367. The highest BCUT2D eigenvalue weighted by atomic mass is 19.4. The number of alkyl halides is 3. The van der Waals surface area contributed by atoms with Crippen LogP contribution in [-0.4, -0.2) is 45.3 Å². The van der Waals surface area contributed by atoms with Crippen LogP contribution in [0.1, 0.15) is 154 Å². The highest BCUT2D eigenvalue weighted by molar-refractivity contribution is 6.11. The van der Waals surface area contributed by atoms with E-state index in [0.29, 0.717) is 84.3 Å². The molecule has 5 aliphatic rings. The molecule has 90 heavy (non-hydrogen) atoms. The number of morpholine rings is 1. The predicted molar refractivity (Wildman–Crippen MR) is 355 cm³/mol. The van der Waals surface area contributed by atoms with Crippen molar-refractivity contribution in [2.45, 2.75) is 135 Å². The number of amides is 1. The number of hydrogen-bond donors (Lipinski definition) is 1. The van der Waals surface area contributed by atoms with E-state index in [1.165, 1.54) is 63.0 Å². The Hall–Kier alpha value is -8.15. The van der Waals surface area contributed by atoms with Crippen LogP contribution in [0.5, 0.6) is 17.2 Å². The van der Waals surface area contributed by atoms with Gasteiger partial charge in [0.05, 0.1) is 31.8 Å². The Kier molecular flexibility index (Phi) is 16.8. The zero-order valence-corrected chi connectivity index (χ0v) is 52.7. The second-order valence-electron chi connectivity index (χ2n) is 26.5. The minimum Gasteiger partial charge on any atom is -0.496 e. The van der Waals surface area contributed by atoms with Crippen molar-refractivity contribution < 1.29 is 41.7 Å². The third-order valence-corrected chi connectivity index (χ3v) is 20.4. The third kappa shape index (κ3) is 11.6. The van der Waals surface area contributed by atoms with Gasteiger partial charge in [-0.05, 0) is 199 Å². The zero-order chi connectivity index (χ0) is 62.5. The minimum absolute atomic E-state index is 0.102. The molecule has 2 saturated carbocycles. The first kappa shape index (κ1) is 60.7. The molecule has 3 aliphatic carbocycles. The SMILES string of the molecule is CCCCCC1CCC(c2ccc(-c3ccc(OC(=O)C4CCC(C(=O)Nc5ccc(-c6cc7c8c(c9c(c7cc6OC)OC(c6ccccc6)(c6ccc(N7CCOCC7)cc6)C=C9)C(C)(C)c6c-8cc(C)cc6C(F)(F)F)c(C)c5)CC4)cc3)cc2)CC1. The van der Waals surface area contributed by atoms with Crippen molar-refractivity contribution >= 4 is 40.1 Å². The summed E-state index contributed by atoms with van der Waals surface area (Å²) in [7, 11) is 1.63. The van der Waals surface area contributed by atoms with Gasteiger partial charge < -0.3 is 29.2 Å². The van der Waals surface area contributed by atoms with E-state index in [1.54, 1.807) is 14.0 Å². The summed E-state index contributed by atoms with van der Waals surface area (Å²) in [6.45, 7) is 12.7. The number of nitrogens with zero attached hydrogens (tertiary/aromatic N) is 1. The maximum Gasteiger partial charge on any atom is 0.416 e. The number of halogens is 3. The predicted octanol–water partition coefficient (Wildman–Crippen LogP) is 19.5. The zero-order valence-electron chi connectivity index (χ0n) is 52.7. The molecule has 0 radical (unpaired) electrons. The van der Waals surface area contributed by atoms with E-state index in [-0.39, 0.29) is 29.3 Å². The van der Waals surface area contributed by atoms with E-state index in [9.17, 15) is 9.59 Å². The molecule has 464 valence electrons. The van der Waals surface area contributed by atoms with E-state index in [1.807, 2.05) is 93.6 Å². The lowest BCUT2D eigenvalue weighted by Gasteiger charge is -2.39. The van der Waals surface area contributed by atoms with E-state index >= 15 is 13.2 Å². The number of ether oxygens (including phenoxy) is 4. The van der Waals surface area contributed by atoms with Crippen molar-refractivity contribution in [3.8, 4) is 50.6 Å². The summed E-state index contributed by atoms with van der Waals surface area (Å²) in [6, 6.07) is 48.3. The van der Waals surface area contributed by atoms with Crippen LogP contribution in [-0.2, 0) is 31.5 Å². The van der Waals surface area contributed by atoms with Crippen molar-refractivity contribution in [2.24, 2.45) is 17.8 Å². The van der Waals surface area contributed by atoms with Crippen LogP contribution in [0.15, 0.2) is 152 Å². The molecule has 0 bridgehead atoms. The second kappa shape index (κ2) is 24.9. The van der Waals surface area contributed by atoms with Gasteiger partial charge in [-0.3, -0.25) is 9.59 Å². The van der Waals surface area contributed by atoms with Crippen LogP contribution < -0.4 is 24.4 Å². The van der Waals surface area contributed by atoms with E-state index < -0.39 is 22.8 Å². The average molecular weight is 1210 g/mol. The molecule has 0 aromatic heterocycles. The Labute approximate surface area is 527 Å². The van der Waals surface area contributed by atoms with Gasteiger partial charge in [0.2, 0.25) is 5.91 Å². The van der Waals surface area contributed by atoms with Gasteiger partial charge in [0, 0.05) is 63.4 Å². The molecule has 0 spiro atoms. The minimum atomic E-state index is -4.61. The summed E-state index contributed by atoms with van der Waals surface area (Å²) in [5.74, 6) is 2.19. The molecular formula is C79H81F3N2O6. The first-order valence-corrected chi connectivity index (χ1v) is 32.7. The Morgan fingerprint density at radius 2 is 1.37 bits per heavy atom. The third-order valence-electron chi connectivity index (χ3n) is 20.4. The van der Waals surface area contributed by atoms with Crippen LogP contribution in [0, 0.1) is 31.6 Å². The van der Waals surface area contributed by atoms with Gasteiger partial charge in [0.1, 0.15) is 17.2 Å². The quantitative estimate of drug-likeness (QED) is 0.0622. The normalized spacial score (nSPS) is 21.0. The maximum absolute atomic E-state index is 15.4. The smallest absolute Gasteiger partial charge is 0.416 e. The van der Waals surface area contributed by atoms with Crippen LogP contribution in [0.25, 0.3) is 50.2 Å². The standard InChI is InChI=1S/C79H81F3N2O6/c1-7-8-10-13-51-16-18-52(19-17-51)53-20-22-54(23-21-53)55-28-35-62(36-29-55)89-76(86)57-26-24-56(25-27-57)75(85)83-60-32-37-63(50(3)46-60)65-47-66-67(48-70(65)87-6)74-64(73-71(66)68-44-49(2)45-69(79(80,81)82)72(68)77(73,4)5)38-39-78(90-74,58-14-11-9-12-15-58)59-30-33-61(34-31-59)84-40-42-88-43-41-84/h9,11-12,14-15,20-23,28-39,44-48,51-52,56-57H,7-8,10,13,16-19,24-27,40-43H2,1-6H3,(H,83,85). The summed E-state index contributed by atoms with van der Waals surface area (Å²) >= 11 is 0. The molecular weight excluding hydrogens is 1130 g/mol.